The van der Waals surface area contributed by atoms with Gasteiger partial charge in [-0.3, -0.25) is 57.7 Å². The van der Waals surface area contributed by atoms with Crippen molar-refractivity contribution in [3.05, 3.63) is 95.7 Å². The van der Waals surface area contributed by atoms with Gasteiger partial charge in [0.2, 0.25) is 53.2 Å². The van der Waals surface area contributed by atoms with Crippen LogP contribution in [0.15, 0.2) is 84.0 Å². The number of carboxylic acids is 3. The molecule has 31 heteroatoms. The van der Waals surface area contributed by atoms with Crippen LogP contribution in [0.3, 0.4) is 0 Å². The van der Waals surface area contributed by atoms with Crippen molar-refractivity contribution in [3.8, 4) is 11.5 Å². The molecule has 4 aromatic rings. The molecule has 9 atom stereocenters. The molecule has 0 unspecified atom stereocenters. The van der Waals surface area contributed by atoms with Crippen LogP contribution in [0.4, 0.5) is 0 Å². The van der Waals surface area contributed by atoms with Gasteiger partial charge in [-0.1, -0.05) is 70.2 Å². The summed E-state index contributed by atoms with van der Waals surface area (Å²) in [4.78, 5) is 169. The molecule has 4 rings (SSSR count). The van der Waals surface area contributed by atoms with Gasteiger partial charge in [0.15, 0.2) is 5.96 Å². The van der Waals surface area contributed by atoms with Crippen LogP contribution in [0.2, 0.25) is 0 Å². The van der Waals surface area contributed by atoms with E-state index in [0.29, 0.717) is 11.1 Å². The fourth-order valence-corrected chi connectivity index (χ4v) is 9.62. The lowest BCUT2D eigenvalue weighted by molar-refractivity contribution is -0.143. The number of aromatic nitrogens is 1. The van der Waals surface area contributed by atoms with Gasteiger partial charge in [0, 0.05) is 49.3 Å². The lowest BCUT2D eigenvalue weighted by atomic mass is 9.99. The van der Waals surface area contributed by atoms with Gasteiger partial charge < -0.3 is 96.0 Å². The maximum Gasteiger partial charge on any atom is 0.326 e. The number of aliphatic imine (C=N–C) groups is 1. The molecule has 0 aliphatic rings. The number of phenols is 2. The molecule has 0 bridgehead atoms. The van der Waals surface area contributed by atoms with Crippen molar-refractivity contribution in [2.75, 3.05) is 6.54 Å². The van der Waals surface area contributed by atoms with Crippen molar-refractivity contribution in [2.24, 2.45) is 39.8 Å². The number of phenolic OH excluding ortho intramolecular Hbond substituents is 2. The van der Waals surface area contributed by atoms with Crippen LogP contribution < -0.4 is 65.5 Å². The van der Waals surface area contributed by atoms with E-state index >= 15 is 0 Å². The van der Waals surface area contributed by atoms with Gasteiger partial charge in [0.25, 0.3) is 0 Å². The second-order valence-corrected chi connectivity index (χ2v) is 23.0. The van der Waals surface area contributed by atoms with Gasteiger partial charge in [-0.15, -0.1) is 0 Å². The number of H-pyrrole nitrogens is 1. The third-order valence-electron chi connectivity index (χ3n) is 14.3. The molecule has 0 saturated carbocycles. The highest BCUT2D eigenvalue weighted by molar-refractivity contribution is 5.99. The normalized spacial score (nSPS) is 14.1. The predicted molar refractivity (Wildman–Crippen MR) is 333 cm³/mol. The molecule has 0 radical (unpaired) electrons. The molecule has 0 fully saturated rings. The Bertz CT molecular complexity index is 3260. The zero-order valence-corrected chi connectivity index (χ0v) is 51.4. The average Bonchev–Trinajstić information content (AvgIpc) is 1.67. The Morgan fingerprint density at radius 1 is 0.478 bits per heavy atom. The molecule has 92 heavy (non-hydrogen) atoms. The van der Waals surface area contributed by atoms with E-state index in [-0.39, 0.29) is 68.4 Å². The third-order valence-corrected chi connectivity index (χ3v) is 14.3. The number of guanidine groups is 1. The van der Waals surface area contributed by atoms with Crippen molar-refractivity contribution in [1.82, 2.24) is 47.5 Å². The maximum atomic E-state index is 14.8. The van der Waals surface area contributed by atoms with E-state index in [1.54, 1.807) is 33.9 Å². The largest absolute Gasteiger partial charge is 0.508 e. The lowest BCUT2D eigenvalue weighted by Gasteiger charge is -2.28. The Morgan fingerprint density at radius 2 is 0.870 bits per heavy atom. The van der Waals surface area contributed by atoms with Crippen LogP contribution in [-0.2, 0) is 76.8 Å². The quantitative estimate of drug-likeness (QED) is 0.0139. The summed E-state index contributed by atoms with van der Waals surface area (Å²) in [6.07, 6.45) is -2.57. The van der Waals surface area contributed by atoms with Crippen molar-refractivity contribution < 1.29 is 83.1 Å². The van der Waals surface area contributed by atoms with Crippen molar-refractivity contribution in [1.29, 1.82) is 0 Å². The molecule has 3 aromatic carbocycles. The first kappa shape index (κ1) is 74.1. The van der Waals surface area contributed by atoms with E-state index in [2.05, 4.69) is 52.5 Å². The molecule has 1 heterocycles. The number of nitrogens with one attached hydrogen (secondary N) is 9. The lowest BCUT2D eigenvalue weighted by Crippen LogP contribution is -2.61. The van der Waals surface area contributed by atoms with E-state index in [1.807, 2.05) is 24.3 Å². The minimum atomic E-state index is -1.91. The summed E-state index contributed by atoms with van der Waals surface area (Å²) in [6.45, 7) is 6.85. The van der Waals surface area contributed by atoms with Crippen LogP contribution in [-0.4, -0.2) is 168 Å². The molecule has 0 aliphatic carbocycles. The first-order valence-corrected chi connectivity index (χ1v) is 29.7. The zero-order chi connectivity index (χ0) is 68.4. The second-order valence-electron chi connectivity index (χ2n) is 23.0. The molecule has 500 valence electrons. The Kier molecular flexibility index (Phi) is 29.3. The van der Waals surface area contributed by atoms with Gasteiger partial charge in [-0.2, -0.15) is 0 Å². The Balaban J connectivity index is 1.65. The molecule has 0 saturated heterocycles. The highest BCUT2D eigenvalue weighted by Gasteiger charge is 2.37. The number of para-hydroxylation sites is 1. The number of hydrogen-bond acceptors (Lipinski definition) is 16. The van der Waals surface area contributed by atoms with Gasteiger partial charge in [-0.25, -0.2) is 4.79 Å². The number of fused-ring (bicyclic) bond motifs is 1. The van der Waals surface area contributed by atoms with Crippen LogP contribution >= 0.6 is 0 Å². The molecule has 0 aliphatic heterocycles. The number of carbonyl (C=O) groups excluding carboxylic acids is 9. The highest BCUT2D eigenvalue weighted by Crippen LogP contribution is 2.20. The van der Waals surface area contributed by atoms with E-state index in [1.165, 1.54) is 48.5 Å². The number of aromatic amines is 1. The SMILES string of the molecule is CC(C)C[C@H](NC(=O)[C@H](CC(N)=O)NC(=O)[C@H](Cc1ccc(O)cc1)NC(=O)[C@H](Cc1ccc(O)cc1)NC(=O)[C@H](CCC(=O)O)NC(=O)[C@H](CC(C)C)NC(=O)[C@@H](N)Cc1c[nH]c2ccccc12)C(=O)N[C@@H](CCC(=O)O)C(=O)N[C@@H](CCCN=C(N)N)C(=O)O. The summed E-state index contributed by atoms with van der Waals surface area (Å²) >= 11 is 0. The van der Waals surface area contributed by atoms with Gasteiger partial charge in [0.05, 0.1) is 12.5 Å². The monoisotopic (exact) mass is 1280 g/mol. The molecule has 31 nitrogen and oxygen atoms in total. The maximum absolute atomic E-state index is 14.8. The molecule has 0 spiro atoms. The minimum Gasteiger partial charge on any atom is -0.508 e. The summed E-state index contributed by atoms with van der Waals surface area (Å²) in [5, 5.41) is 69.9. The average molecular weight is 1290 g/mol. The van der Waals surface area contributed by atoms with Crippen molar-refractivity contribution in [2.45, 2.75) is 159 Å². The van der Waals surface area contributed by atoms with Crippen LogP contribution in [0.1, 0.15) is 102 Å². The number of nitrogens with zero attached hydrogens (tertiary/aromatic N) is 1. The number of benzene rings is 3. The molecular weight excluding hydrogens is 1200 g/mol. The number of carboxylic acid groups (broad SMARTS) is 3. The summed E-state index contributed by atoms with van der Waals surface area (Å²) in [6, 6.07) is 3.83. The third kappa shape index (κ3) is 25.6. The van der Waals surface area contributed by atoms with Gasteiger partial charge in [-0.05, 0) is 104 Å². The number of amides is 9. The second kappa shape index (κ2) is 36.4. The molecular formula is C61H84N14O17. The van der Waals surface area contributed by atoms with Crippen LogP contribution in [0, 0.1) is 11.8 Å². The number of rotatable bonds is 39. The summed E-state index contributed by atoms with van der Waals surface area (Å²) in [7, 11) is 0. The van der Waals surface area contributed by atoms with Crippen LogP contribution in [0.5, 0.6) is 11.5 Å². The van der Waals surface area contributed by atoms with E-state index in [9.17, 15) is 83.1 Å². The Morgan fingerprint density at radius 3 is 1.30 bits per heavy atom. The van der Waals surface area contributed by atoms with E-state index < -0.39 is 170 Å². The molecule has 1 aromatic heterocycles. The fourth-order valence-electron chi connectivity index (χ4n) is 9.62. The fraction of sp³-hybridized carbons (Fsp3) is 0.459. The van der Waals surface area contributed by atoms with E-state index in [4.69, 9.17) is 22.9 Å². The number of primary amides is 1. The Labute approximate surface area is 529 Å². The van der Waals surface area contributed by atoms with Crippen molar-refractivity contribution in [3.63, 3.8) is 0 Å². The first-order valence-electron chi connectivity index (χ1n) is 29.7. The standard InChI is InChI=1S/C61H84N14O17/c1-31(2)24-44(71-52(83)39(62)28-35-30-67-40-9-6-5-8-38(35)40)55(86)69-42(20-22-51(81)82)54(85)73-46(26-33-11-15-36(76)16-12-33)57(88)74-47(27-34-13-17-37(77)18-14-34)58(89)75-48(29-49(63)78)59(90)72-45(25-32(3)4)56(87)68-41(19-21-50(79)80)53(84)70-43(60(91)92)10-7-23-66-61(64)65/h5-6,8-9,11-18,30-32,39,41-48,67,76-77H,7,10,19-29,62H2,1-4H3,(H2,63,78)(H,68,87)(H,69,86)(H,70,84)(H,71,83)(H,72,90)(H,73,85)(H,74,88)(H,75,89)(H,79,80)(H,81,82)(H,91,92)(H4,64,65,66)/t39-,41-,42-,43-,44-,45-,46-,47-,48-/m0/s1. The van der Waals surface area contributed by atoms with E-state index in [0.717, 1.165) is 16.5 Å². The first-order chi connectivity index (χ1) is 43.4. The minimum absolute atomic E-state index is 0.00466. The van der Waals surface area contributed by atoms with Gasteiger partial charge >= 0.3 is 17.9 Å². The number of aromatic hydroxyl groups is 2. The van der Waals surface area contributed by atoms with Crippen molar-refractivity contribution >= 4 is 87.9 Å². The summed E-state index contributed by atoms with van der Waals surface area (Å²) < 4.78 is 0. The topological polar surface area (TPSA) is 534 Å². The smallest absolute Gasteiger partial charge is 0.326 e. The highest BCUT2D eigenvalue weighted by atomic mass is 16.4. The molecule has 22 N–H and O–H groups in total. The number of carbonyl (C=O) groups is 12. The summed E-state index contributed by atoms with van der Waals surface area (Å²) in [5.41, 5.74) is 24.8. The number of aliphatic carboxylic acids is 3. The Hall–Kier alpha value is -10.3. The van der Waals surface area contributed by atoms with Gasteiger partial charge in [0.1, 0.15) is 59.8 Å². The van der Waals surface area contributed by atoms with Crippen LogP contribution in [0.25, 0.3) is 10.9 Å². The predicted octanol–water partition coefficient (Wildman–Crippen LogP) is -1.35. The zero-order valence-electron chi connectivity index (χ0n) is 51.4. The number of nitrogens with two attached hydrogens (primary N) is 4. The number of hydrogen-bond donors (Lipinski definition) is 18. The molecule has 9 amide bonds. The summed E-state index contributed by atoms with van der Waals surface area (Å²) in [5.74, 6) is -14.9.